The second-order valence-corrected chi connectivity index (χ2v) is 15.3. The predicted octanol–water partition coefficient (Wildman–Crippen LogP) is 2.28. The molecule has 1 aliphatic rings. The summed E-state index contributed by atoms with van der Waals surface area (Å²) in [6.45, 7) is 15.9. The highest BCUT2D eigenvalue weighted by Gasteiger charge is 2.34. The number of carbonyl (C=O) groups excluding carboxylic acids is 2. The largest absolute Gasteiger partial charge is 0.415 e. The Kier molecular flexibility index (Phi) is 22.1. The molecule has 1 aromatic carbocycles. The van der Waals surface area contributed by atoms with Gasteiger partial charge in [-0.3, -0.25) is 14.5 Å². The minimum atomic E-state index is -1.46. The monoisotopic (exact) mass is 659 g/mol. The van der Waals surface area contributed by atoms with Gasteiger partial charge in [-0.25, -0.2) is 0 Å². The van der Waals surface area contributed by atoms with Crippen LogP contribution in [0.25, 0.3) is 0 Å². The molecule has 0 spiro atoms. The Morgan fingerprint density at radius 1 is 0.444 bits per heavy atom. The van der Waals surface area contributed by atoms with E-state index in [1.165, 1.54) is 4.90 Å². The minimum Gasteiger partial charge on any atom is -0.415 e. The van der Waals surface area contributed by atoms with Gasteiger partial charge in [0.2, 0.25) is 0 Å². The number of fused-ring (bicyclic) bond motifs is 1. The van der Waals surface area contributed by atoms with E-state index in [1.807, 2.05) is 0 Å². The normalized spacial score (nSPS) is 13.3. The van der Waals surface area contributed by atoms with Crippen LogP contribution in [0.5, 0.6) is 0 Å². The van der Waals surface area contributed by atoms with Crippen molar-refractivity contribution in [1.29, 1.82) is 0 Å². The summed E-state index contributed by atoms with van der Waals surface area (Å²) in [5.41, 5.74) is 0.888. The van der Waals surface area contributed by atoms with Gasteiger partial charge in [-0.15, -0.1) is 0 Å². The van der Waals surface area contributed by atoms with Gasteiger partial charge in [0, 0.05) is 0 Å². The first-order chi connectivity index (χ1) is 21.9. The average molecular weight is 660 g/mol. The maximum Gasteiger partial charge on any atom is 0.261 e. The van der Waals surface area contributed by atoms with Crippen molar-refractivity contribution in [2.75, 3.05) is 132 Å². The van der Waals surface area contributed by atoms with Crippen LogP contribution >= 0.6 is 0 Å². The zero-order valence-corrected chi connectivity index (χ0v) is 28.3. The van der Waals surface area contributed by atoms with Crippen molar-refractivity contribution in [3.05, 3.63) is 35.4 Å². The molecular weight excluding hydrogens is 606 g/mol. The number of hydrogen-bond acceptors (Lipinski definition) is 12. The Balaban J connectivity index is 1.20. The molecule has 0 radical (unpaired) electrons. The summed E-state index contributed by atoms with van der Waals surface area (Å²) < 4.78 is 54.9. The summed E-state index contributed by atoms with van der Waals surface area (Å²) >= 11 is 0. The van der Waals surface area contributed by atoms with Crippen LogP contribution in [0.1, 0.15) is 20.7 Å². The molecule has 0 aromatic heterocycles. The number of carbonyl (C=O) groups is 2. The van der Waals surface area contributed by atoms with E-state index in [1.54, 1.807) is 24.3 Å². The fraction of sp³-hybridized carbons (Fsp3) is 0.742. The van der Waals surface area contributed by atoms with Crippen LogP contribution in [0.3, 0.4) is 0 Å². The highest BCUT2D eigenvalue weighted by atomic mass is 28.4. The topological polar surface area (TPSA) is 130 Å². The van der Waals surface area contributed by atoms with Crippen LogP contribution in [0.4, 0.5) is 0 Å². The van der Waals surface area contributed by atoms with Crippen molar-refractivity contribution in [1.82, 2.24) is 4.90 Å². The average Bonchev–Trinajstić information content (AvgIpc) is 3.26. The second kappa shape index (κ2) is 25.3. The Bertz CT molecular complexity index is 882. The van der Waals surface area contributed by atoms with Crippen LogP contribution in [0.15, 0.2) is 24.3 Å². The van der Waals surface area contributed by atoms with E-state index in [-0.39, 0.29) is 25.0 Å². The standard InChI is InChI=1S/C31H53NO12Si/c1-45(2,3)44-27-26-43-25-24-42-23-22-41-21-20-40-19-18-39-17-16-38-15-14-37-13-12-36-11-10-35-9-8-32-30(33)28-6-4-5-7-29(28)31(32)34/h4-7H,8-27H2,1-3H3. The van der Waals surface area contributed by atoms with Gasteiger partial charge in [-0.1, -0.05) is 12.1 Å². The quantitative estimate of drug-likeness (QED) is 0.0659. The highest BCUT2D eigenvalue weighted by Crippen LogP contribution is 2.21. The van der Waals surface area contributed by atoms with E-state index in [4.69, 9.17) is 47.1 Å². The fourth-order valence-electron chi connectivity index (χ4n) is 3.87. The molecule has 2 amide bonds. The van der Waals surface area contributed by atoms with Crippen molar-refractivity contribution in [2.24, 2.45) is 0 Å². The second-order valence-electron chi connectivity index (χ2n) is 10.8. The molecule has 258 valence electrons. The van der Waals surface area contributed by atoms with Crippen molar-refractivity contribution < 1.29 is 56.6 Å². The molecule has 0 bridgehead atoms. The number of benzene rings is 1. The lowest BCUT2D eigenvalue weighted by atomic mass is 10.1. The number of hydrogen-bond donors (Lipinski definition) is 0. The van der Waals surface area contributed by atoms with Gasteiger partial charge in [0.1, 0.15) is 0 Å². The van der Waals surface area contributed by atoms with E-state index < -0.39 is 8.32 Å². The molecule has 0 aliphatic carbocycles. The molecule has 14 heteroatoms. The third-order valence-electron chi connectivity index (χ3n) is 6.08. The third-order valence-corrected chi connectivity index (χ3v) is 7.15. The lowest BCUT2D eigenvalue weighted by Crippen LogP contribution is -2.33. The van der Waals surface area contributed by atoms with Crippen molar-refractivity contribution in [2.45, 2.75) is 19.6 Å². The van der Waals surface area contributed by atoms with E-state index in [2.05, 4.69) is 19.6 Å². The lowest BCUT2D eigenvalue weighted by molar-refractivity contribution is -0.0255. The zero-order valence-electron chi connectivity index (χ0n) is 27.3. The van der Waals surface area contributed by atoms with Crippen LogP contribution in [0, 0.1) is 0 Å². The number of imide groups is 1. The lowest BCUT2D eigenvalue weighted by Gasteiger charge is -2.16. The predicted molar refractivity (Wildman–Crippen MR) is 168 cm³/mol. The molecule has 0 atom stereocenters. The molecule has 1 aromatic rings. The fourth-order valence-corrected chi connectivity index (χ4v) is 4.56. The third kappa shape index (κ3) is 19.4. The van der Waals surface area contributed by atoms with Gasteiger partial charge < -0.3 is 47.1 Å². The number of nitrogens with zero attached hydrogens (tertiary/aromatic N) is 1. The SMILES string of the molecule is C[Si](C)(C)OCCOCCOCCOCCOCCOCCOCCOCCOCCOCCN1C(=O)c2ccccc2C1=O. The van der Waals surface area contributed by atoms with Crippen LogP contribution in [0.2, 0.25) is 19.6 Å². The molecule has 2 rings (SSSR count). The van der Waals surface area contributed by atoms with Crippen molar-refractivity contribution in [3.63, 3.8) is 0 Å². The number of amides is 2. The molecule has 0 unspecified atom stereocenters. The van der Waals surface area contributed by atoms with Gasteiger partial charge in [0.25, 0.3) is 11.8 Å². The Morgan fingerprint density at radius 3 is 1.00 bits per heavy atom. The first kappa shape index (κ1) is 39.4. The van der Waals surface area contributed by atoms with Crippen molar-refractivity contribution in [3.8, 4) is 0 Å². The van der Waals surface area contributed by atoms with Gasteiger partial charge >= 0.3 is 0 Å². The smallest absolute Gasteiger partial charge is 0.261 e. The summed E-state index contributed by atoms with van der Waals surface area (Å²) in [6.07, 6.45) is 0. The number of ether oxygens (including phenoxy) is 9. The summed E-state index contributed by atoms with van der Waals surface area (Å²) in [6, 6.07) is 6.82. The van der Waals surface area contributed by atoms with Crippen LogP contribution in [-0.2, 0) is 47.1 Å². The summed E-state index contributed by atoms with van der Waals surface area (Å²) in [7, 11) is -1.46. The Labute approximate surface area is 268 Å². The summed E-state index contributed by atoms with van der Waals surface area (Å²) in [5, 5.41) is 0. The Morgan fingerprint density at radius 2 is 0.711 bits per heavy atom. The number of rotatable bonds is 31. The van der Waals surface area contributed by atoms with E-state index in [0.29, 0.717) is 130 Å². The molecule has 0 saturated heterocycles. The van der Waals surface area contributed by atoms with Crippen LogP contribution < -0.4 is 0 Å². The van der Waals surface area contributed by atoms with E-state index in [0.717, 1.165) is 0 Å². The summed E-state index contributed by atoms with van der Waals surface area (Å²) in [5.74, 6) is -0.551. The van der Waals surface area contributed by atoms with E-state index in [9.17, 15) is 9.59 Å². The van der Waals surface area contributed by atoms with Gasteiger partial charge in [0.15, 0.2) is 8.32 Å². The van der Waals surface area contributed by atoms with Gasteiger partial charge in [-0.2, -0.15) is 0 Å². The van der Waals surface area contributed by atoms with Crippen molar-refractivity contribution >= 4 is 20.1 Å². The first-order valence-electron chi connectivity index (χ1n) is 15.7. The minimum absolute atomic E-state index is 0.217. The molecule has 1 aliphatic heterocycles. The molecule has 13 nitrogen and oxygen atoms in total. The summed E-state index contributed by atoms with van der Waals surface area (Å²) in [4.78, 5) is 25.8. The van der Waals surface area contributed by atoms with E-state index >= 15 is 0 Å². The zero-order chi connectivity index (χ0) is 32.4. The molecular formula is C31H53NO12Si. The molecule has 0 saturated carbocycles. The van der Waals surface area contributed by atoms with Gasteiger partial charge in [0.05, 0.1) is 143 Å². The molecule has 0 N–H and O–H groups in total. The first-order valence-corrected chi connectivity index (χ1v) is 19.1. The molecule has 0 fully saturated rings. The van der Waals surface area contributed by atoms with Gasteiger partial charge in [-0.05, 0) is 31.8 Å². The molecule has 45 heavy (non-hydrogen) atoms. The van der Waals surface area contributed by atoms with Crippen LogP contribution in [-0.4, -0.2) is 157 Å². The molecule has 1 heterocycles. The Hall–Kier alpha value is -1.82. The maximum absolute atomic E-state index is 12.3. The maximum atomic E-state index is 12.3. The highest BCUT2D eigenvalue weighted by molar-refractivity contribution is 6.69.